The van der Waals surface area contributed by atoms with Gasteiger partial charge in [0.2, 0.25) is 10.0 Å². The number of carbonyl (C=O) groups excluding carboxylic acids is 1. The Morgan fingerprint density at radius 3 is 2.16 bits per heavy atom. The SMILES string of the molecule is O=C(/C=C/c1ccc(Br)cc1)c1ccc(S(=O)(=O)N2CCCC2)cc1. The predicted molar refractivity (Wildman–Crippen MR) is 102 cm³/mol. The van der Waals surface area contributed by atoms with E-state index in [9.17, 15) is 13.2 Å². The maximum atomic E-state index is 12.5. The summed E-state index contributed by atoms with van der Waals surface area (Å²) in [6, 6.07) is 13.8. The normalized spacial score (nSPS) is 15.7. The molecule has 0 aromatic heterocycles. The Labute approximate surface area is 156 Å². The zero-order chi connectivity index (χ0) is 17.9. The fourth-order valence-electron chi connectivity index (χ4n) is 2.71. The first-order chi connectivity index (χ1) is 12.0. The van der Waals surface area contributed by atoms with Gasteiger partial charge in [0.15, 0.2) is 5.78 Å². The monoisotopic (exact) mass is 419 g/mol. The highest BCUT2D eigenvalue weighted by atomic mass is 79.9. The van der Waals surface area contributed by atoms with Crippen molar-refractivity contribution in [3.05, 3.63) is 70.2 Å². The lowest BCUT2D eigenvalue weighted by molar-refractivity contribution is 0.104. The van der Waals surface area contributed by atoms with Crippen LogP contribution in [0.25, 0.3) is 6.08 Å². The molecule has 0 spiro atoms. The Balaban J connectivity index is 1.73. The van der Waals surface area contributed by atoms with Gasteiger partial charge < -0.3 is 0 Å². The zero-order valence-electron chi connectivity index (χ0n) is 13.6. The molecule has 130 valence electrons. The highest BCUT2D eigenvalue weighted by Gasteiger charge is 2.26. The van der Waals surface area contributed by atoms with Gasteiger partial charge in [-0.2, -0.15) is 4.31 Å². The summed E-state index contributed by atoms with van der Waals surface area (Å²) in [6.45, 7) is 1.14. The van der Waals surface area contributed by atoms with E-state index in [0.717, 1.165) is 22.9 Å². The molecule has 1 heterocycles. The molecule has 0 bridgehead atoms. The van der Waals surface area contributed by atoms with Crippen LogP contribution in [0.15, 0.2) is 64.0 Å². The molecule has 3 rings (SSSR count). The summed E-state index contributed by atoms with van der Waals surface area (Å²) in [5.41, 5.74) is 1.39. The van der Waals surface area contributed by atoms with Gasteiger partial charge in [-0.25, -0.2) is 8.42 Å². The van der Waals surface area contributed by atoms with Crippen LogP contribution in [0.4, 0.5) is 0 Å². The lowest BCUT2D eigenvalue weighted by atomic mass is 10.1. The summed E-state index contributed by atoms with van der Waals surface area (Å²) in [5.74, 6) is -0.159. The number of halogens is 1. The standard InChI is InChI=1S/C19H18BrNO3S/c20-17-8-3-15(4-9-17)5-12-19(22)16-6-10-18(11-7-16)25(23,24)21-13-1-2-14-21/h3-12H,1-2,13-14H2/b12-5+. The first-order valence-corrected chi connectivity index (χ1v) is 10.3. The van der Waals surface area contributed by atoms with Crippen molar-refractivity contribution in [3.8, 4) is 0 Å². The third kappa shape index (κ3) is 4.26. The van der Waals surface area contributed by atoms with E-state index in [4.69, 9.17) is 0 Å². The van der Waals surface area contributed by atoms with E-state index in [1.165, 1.54) is 22.5 Å². The van der Waals surface area contributed by atoms with Crippen LogP contribution in [-0.2, 0) is 10.0 Å². The van der Waals surface area contributed by atoms with Gasteiger partial charge in [-0.05, 0) is 60.9 Å². The highest BCUT2D eigenvalue weighted by molar-refractivity contribution is 9.10. The summed E-state index contributed by atoms with van der Waals surface area (Å²) in [4.78, 5) is 12.5. The molecule has 1 fully saturated rings. The number of sulfonamides is 1. The van der Waals surface area contributed by atoms with Crippen LogP contribution < -0.4 is 0 Å². The van der Waals surface area contributed by atoms with Gasteiger partial charge in [0.1, 0.15) is 0 Å². The average molecular weight is 420 g/mol. The fourth-order valence-corrected chi connectivity index (χ4v) is 4.49. The van der Waals surface area contributed by atoms with Crippen LogP contribution >= 0.6 is 15.9 Å². The molecule has 0 aliphatic carbocycles. The van der Waals surface area contributed by atoms with Crippen LogP contribution in [-0.4, -0.2) is 31.6 Å². The minimum Gasteiger partial charge on any atom is -0.289 e. The lowest BCUT2D eigenvalue weighted by Crippen LogP contribution is -2.27. The number of carbonyl (C=O) groups is 1. The lowest BCUT2D eigenvalue weighted by Gasteiger charge is -2.15. The van der Waals surface area contributed by atoms with Crippen LogP contribution in [0.2, 0.25) is 0 Å². The van der Waals surface area contributed by atoms with Crippen LogP contribution in [0.1, 0.15) is 28.8 Å². The summed E-state index contributed by atoms with van der Waals surface area (Å²) in [5, 5.41) is 0. The van der Waals surface area contributed by atoms with Gasteiger partial charge in [0.05, 0.1) is 4.90 Å². The number of rotatable bonds is 5. The van der Waals surface area contributed by atoms with E-state index in [1.807, 2.05) is 24.3 Å². The number of ketones is 1. The topological polar surface area (TPSA) is 54.5 Å². The van der Waals surface area contributed by atoms with Crippen molar-refractivity contribution in [2.45, 2.75) is 17.7 Å². The molecule has 0 N–H and O–H groups in total. The number of allylic oxidation sites excluding steroid dienone is 1. The Bertz CT molecular complexity index is 881. The Morgan fingerprint density at radius 2 is 1.56 bits per heavy atom. The van der Waals surface area contributed by atoms with Crippen molar-refractivity contribution < 1.29 is 13.2 Å². The van der Waals surface area contributed by atoms with Crippen molar-refractivity contribution in [2.75, 3.05) is 13.1 Å². The van der Waals surface area contributed by atoms with E-state index in [2.05, 4.69) is 15.9 Å². The maximum absolute atomic E-state index is 12.5. The zero-order valence-corrected chi connectivity index (χ0v) is 16.0. The molecule has 2 aromatic rings. The van der Waals surface area contributed by atoms with E-state index >= 15 is 0 Å². The molecular formula is C19H18BrNO3S. The molecule has 1 saturated heterocycles. The van der Waals surface area contributed by atoms with E-state index < -0.39 is 10.0 Å². The van der Waals surface area contributed by atoms with Crippen molar-refractivity contribution in [1.29, 1.82) is 0 Å². The first kappa shape index (κ1) is 18.0. The molecule has 25 heavy (non-hydrogen) atoms. The number of hydrogen-bond acceptors (Lipinski definition) is 3. The minimum atomic E-state index is -3.44. The smallest absolute Gasteiger partial charge is 0.243 e. The van der Waals surface area contributed by atoms with Crippen LogP contribution in [0.3, 0.4) is 0 Å². The van der Waals surface area contributed by atoms with Crippen molar-refractivity contribution in [1.82, 2.24) is 4.31 Å². The molecular weight excluding hydrogens is 402 g/mol. The molecule has 0 radical (unpaired) electrons. The maximum Gasteiger partial charge on any atom is 0.243 e. The molecule has 4 nitrogen and oxygen atoms in total. The summed E-state index contributed by atoms with van der Waals surface area (Å²) >= 11 is 3.37. The highest BCUT2D eigenvalue weighted by Crippen LogP contribution is 2.21. The Kier molecular flexibility index (Phi) is 5.51. The quantitative estimate of drug-likeness (QED) is 0.540. The first-order valence-electron chi connectivity index (χ1n) is 8.05. The van der Waals surface area contributed by atoms with Gasteiger partial charge >= 0.3 is 0 Å². The van der Waals surface area contributed by atoms with Crippen molar-refractivity contribution >= 4 is 37.8 Å². The molecule has 0 saturated carbocycles. The number of hydrogen-bond donors (Lipinski definition) is 0. The molecule has 0 unspecified atom stereocenters. The fraction of sp³-hybridized carbons (Fsp3) is 0.211. The molecule has 2 aromatic carbocycles. The molecule has 1 aliphatic rings. The summed E-state index contributed by atoms with van der Waals surface area (Å²) in [7, 11) is -3.44. The van der Waals surface area contributed by atoms with Gasteiger partial charge in [-0.15, -0.1) is 0 Å². The average Bonchev–Trinajstić information content (AvgIpc) is 3.16. The number of nitrogens with zero attached hydrogens (tertiary/aromatic N) is 1. The summed E-state index contributed by atoms with van der Waals surface area (Å²) in [6.07, 6.45) is 5.03. The molecule has 0 atom stereocenters. The third-order valence-electron chi connectivity index (χ3n) is 4.14. The predicted octanol–water partition coefficient (Wildman–Crippen LogP) is 4.13. The second-order valence-corrected chi connectivity index (χ2v) is 8.74. The van der Waals surface area contributed by atoms with Crippen LogP contribution in [0.5, 0.6) is 0 Å². The molecule has 6 heteroatoms. The van der Waals surface area contributed by atoms with Crippen molar-refractivity contribution in [3.63, 3.8) is 0 Å². The Morgan fingerprint density at radius 1 is 0.960 bits per heavy atom. The van der Waals surface area contributed by atoms with E-state index in [-0.39, 0.29) is 10.7 Å². The molecule has 0 amide bonds. The van der Waals surface area contributed by atoms with Gasteiger partial charge in [0.25, 0.3) is 0 Å². The van der Waals surface area contributed by atoms with E-state index in [1.54, 1.807) is 18.2 Å². The van der Waals surface area contributed by atoms with Crippen LogP contribution in [0, 0.1) is 0 Å². The molecule has 1 aliphatic heterocycles. The Hall–Kier alpha value is -1.76. The largest absolute Gasteiger partial charge is 0.289 e. The third-order valence-corrected chi connectivity index (χ3v) is 6.58. The second kappa shape index (κ2) is 7.64. The summed E-state index contributed by atoms with van der Waals surface area (Å²) < 4.78 is 27.4. The number of benzene rings is 2. The van der Waals surface area contributed by atoms with E-state index in [0.29, 0.717) is 18.7 Å². The van der Waals surface area contributed by atoms with Gasteiger partial charge in [-0.3, -0.25) is 4.79 Å². The van der Waals surface area contributed by atoms with Gasteiger partial charge in [-0.1, -0.05) is 34.1 Å². The second-order valence-electron chi connectivity index (χ2n) is 5.88. The van der Waals surface area contributed by atoms with Gasteiger partial charge in [0, 0.05) is 23.1 Å². The minimum absolute atomic E-state index is 0.159. The van der Waals surface area contributed by atoms with Crippen molar-refractivity contribution in [2.24, 2.45) is 0 Å².